The number of aromatic nitrogens is 3. The van der Waals surface area contributed by atoms with Crippen LogP contribution in [0.15, 0.2) is 5.16 Å². The van der Waals surface area contributed by atoms with E-state index in [0.717, 1.165) is 30.6 Å². The zero-order valence-corrected chi connectivity index (χ0v) is 17.3. The Morgan fingerprint density at radius 3 is 2.48 bits per heavy atom. The predicted molar refractivity (Wildman–Crippen MR) is 105 cm³/mol. The van der Waals surface area contributed by atoms with Gasteiger partial charge in [0.25, 0.3) is 0 Å². The minimum atomic E-state index is 0.0469. The Bertz CT molecular complexity index is 665. The second-order valence-corrected chi connectivity index (χ2v) is 8.47. The number of rotatable bonds is 8. The van der Waals surface area contributed by atoms with Crippen molar-refractivity contribution in [3.63, 3.8) is 0 Å². The average Bonchev–Trinajstić information content (AvgIpc) is 3.39. The van der Waals surface area contributed by atoms with E-state index in [4.69, 9.17) is 0 Å². The van der Waals surface area contributed by atoms with Crippen LogP contribution >= 0.6 is 11.8 Å². The monoisotopic (exact) mass is 394 g/mol. The molecule has 2 amide bonds. The number of carbonyl (C=O) groups is 2. The number of thioether (sulfide) groups is 1. The Kier molecular flexibility index (Phi) is 6.75. The molecule has 1 aromatic heterocycles. The molecule has 1 saturated heterocycles. The lowest BCUT2D eigenvalue weighted by atomic mass is 10.3. The number of nitrogens with zero attached hydrogens (tertiary/aromatic N) is 5. The SMILES string of the molecule is CCn1c(SCC(=O)N2CCN(CC(=O)NC(C)C)CC2)nnc1C1CC1. The van der Waals surface area contributed by atoms with Gasteiger partial charge in [-0.2, -0.15) is 0 Å². The van der Waals surface area contributed by atoms with E-state index in [2.05, 4.69) is 31.9 Å². The van der Waals surface area contributed by atoms with Gasteiger partial charge in [0.2, 0.25) is 11.8 Å². The highest BCUT2D eigenvalue weighted by molar-refractivity contribution is 7.99. The molecule has 27 heavy (non-hydrogen) atoms. The highest BCUT2D eigenvalue weighted by Gasteiger charge is 2.30. The van der Waals surface area contributed by atoms with Gasteiger partial charge in [-0.05, 0) is 33.6 Å². The molecule has 150 valence electrons. The van der Waals surface area contributed by atoms with Crippen LogP contribution in [0.4, 0.5) is 0 Å². The molecule has 0 unspecified atom stereocenters. The van der Waals surface area contributed by atoms with E-state index in [1.807, 2.05) is 18.7 Å². The number of amides is 2. The molecule has 8 nitrogen and oxygen atoms in total. The molecular formula is C18H30N6O2S. The summed E-state index contributed by atoms with van der Waals surface area (Å²) < 4.78 is 2.14. The maximum atomic E-state index is 12.5. The molecule has 0 radical (unpaired) electrons. The lowest BCUT2D eigenvalue weighted by molar-refractivity contribution is -0.130. The molecule has 1 aliphatic heterocycles. The molecular weight excluding hydrogens is 364 g/mol. The van der Waals surface area contributed by atoms with Crippen molar-refractivity contribution >= 4 is 23.6 Å². The van der Waals surface area contributed by atoms with E-state index < -0.39 is 0 Å². The Morgan fingerprint density at radius 1 is 1.19 bits per heavy atom. The molecule has 0 aromatic carbocycles. The maximum Gasteiger partial charge on any atom is 0.234 e. The van der Waals surface area contributed by atoms with Crippen molar-refractivity contribution in [2.45, 2.75) is 57.3 Å². The summed E-state index contributed by atoms with van der Waals surface area (Å²) in [6, 6.07) is 0.156. The third kappa shape index (κ3) is 5.44. The van der Waals surface area contributed by atoms with Crippen LogP contribution in [0.5, 0.6) is 0 Å². The Morgan fingerprint density at radius 2 is 1.89 bits per heavy atom. The van der Waals surface area contributed by atoms with Gasteiger partial charge < -0.3 is 14.8 Å². The van der Waals surface area contributed by atoms with Gasteiger partial charge in [-0.3, -0.25) is 14.5 Å². The number of piperazine rings is 1. The maximum absolute atomic E-state index is 12.5. The largest absolute Gasteiger partial charge is 0.353 e. The number of hydrogen-bond acceptors (Lipinski definition) is 6. The van der Waals surface area contributed by atoms with Crippen LogP contribution in [-0.2, 0) is 16.1 Å². The normalized spacial score (nSPS) is 18.1. The summed E-state index contributed by atoms with van der Waals surface area (Å²) >= 11 is 1.48. The van der Waals surface area contributed by atoms with Gasteiger partial charge >= 0.3 is 0 Å². The Hall–Kier alpha value is -1.61. The smallest absolute Gasteiger partial charge is 0.234 e. The lowest BCUT2D eigenvalue weighted by Gasteiger charge is -2.34. The minimum absolute atomic E-state index is 0.0469. The van der Waals surface area contributed by atoms with Gasteiger partial charge in [-0.15, -0.1) is 10.2 Å². The predicted octanol–water partition coefficient (Wildman–Crippen LogP) is 0.936. The van der Waals surface area contributed by atoms with Crippen LogP contribution < -0.4 is 5.32 Å². The van der Waals surface area contributed by atoms with Gasteiger partial charge in [0.1, 0.15) is 5.82 Å². The lowest BCUT2D eigenvalue weighted by Crippen LogP contribution is -2.52. The summed E-state index contributed by atoms with van der Waals surface area (Å²) in [5, 5.41) is 12.4. The third-order valence-corrected chi connectivity index (χ3v) is 5.82. The van der Waals surface area contributed by atoms with Gasteiger partial charge in [0, 0.05) is 44.7 Å². The average molecular weight is 395 g/mol. The fourth-order valence-electron chi connectivity index (χ4n) is 3.29. The molecule has 1 aromatic rings. The van der Waals surface area contributed by atoms with Crippen LogP contribution in [-0.4, -0.2) is 80.9 Å². The molecule has 2 fully saturated rings. The van der Waals surface area contributed by atoms with Crippen molar-refractivity contribution < 1.29 is 9.59 Å². The summed E-state index contributed by atoms with van der Waals surface area (Å²) in [6.45, 7) is 10.1. The molecule has 0 atom stereocenters. The van der Waals surface area contributed by atoms with E-state index in [0.29, 0.717) is 31.3 Å². The van der Waals surface area contributed by atoms with Crippen LogP contribution in [0.1, 0.15) is 45.4 Å². The summed E-state index contributed by atoms with van der Waals surface area (Å²) in [5.74, 6) is 2.19. The first-order valence-electron chi connectivity index (χ1n) is 9.83. The van der Waals surface area contributed by atoms with Crippen molar-refractivity contribution in [2.75, 3.05) is 38.5 Å². The molecule has 9 heteroatoms. The fraction of sp³-hybridized carbons (Fsp3) is 0.778. The number of nitrogens with one attached hydrogen (secondary N) is 1. The second kappa shape index (κ2) is 9.05. The van der Waals surface area contributed by atoms with E-state index in [1.165, 1.54) is 24.6 Å². The number of hydrogen-bond donors (Lipinski definition) is 1. The molecule has 1 aliphatic carbocycles. The first kappa shape index (κ1) is 20.1. The van der Waals surface area contributed by atoms with E-state index in [9.17, 15) is 9.59 Å². The fourth-order valence-corrected chi connectivity index (χ4v) is 4.20. The summed E-state index contributed by atoms with van der Waals surface area (Å²) in [4.78, 5) is 28.4. The Balaban J connectivity index is 1.43. The van der Waals surface area contributed by atoms with E-state index >= 15 is 0 Å². The highest BCUT2D eigenvalue weighted by atomic mass is 32.2. The molecule has 3 rings (SSSR count). The van der Waals surface area contributed by atoms with Crippen LogP contribution in [0.2, 0.25) is 0 Å². The van der Waals surface area contributed by atoms with Crippen LogP contribution in [0.3, 0.4) is 0 Å². The van der Waals surface area contributed by atoms with Crippen molar-refractivity contribution in [2.24, 2.45) is 0 Å². The van der Waals surface area contributed by atoms with Crippen molar-refractivity contribution in [3.05, 3.63) is 5.82 Å². The topological polar surface area (TPSA) is 83.4 Å². The van der Waals surface area contributed by atoms with Crippen molar-refractivity contribution in [1.82, 2.24) is 29.9 Å². The summed E-state index contributed by atoms with van der Waals surface area (Å²) in [5.41, 5.74) is 0. The summed E-state index contributed by atoms with van der Waals surface area (Å²) in [6.07, 6.45) is 2.39. The zero-order valence-electron chi connectivity index (χ0n) is 16.5. The molecule has 0 bridgehead atoms. The molecule has 1 N–H and O–H groups in total. The van der Waals surface area contributed by atoms with Crippen molar-refractivity contribution in [3.8, 4) is 0 Å². The standard InChI is InChI=1S/C18H30N6O2S/c1-4-24-17(14-5-6-14)20-21-18(24)27-12-16(26)23-9-7-22(8-10-23)11-15(25)19-13(2)3/h13-14H,4-12H2,1-3H3,(H,19,25). The first-order valence-corrected chi connectivity index (χ1v) is 10.8. The number of carbonyl (C=O) groups excluding carboxylic acids is 2. The van der Waals surface area contributed by atoms with E-state index in [-0.39, 0.29) is 17.9 Å². The molecule has 2 aliphatic rings. The zero-order chi connectivity index (χ0) is 19.4. The van der Waals surface area contributed by atoms with E-state index in [1.54, 1.807) is 0 Å². The minimum Gasteiger partial charge on any atom is -0.353 e. The first-order chi connectivity index (χ1) is 13.0. The van der Waals surface area contributed by atoms with Gasteiger partial charge in [-0.25, -0.2) is 0 Å². The van der Waals surface area contributed by atoms with Gasteiger partial charge in [0.15, 0.2) is 5.16 Å². The van der Waals surface area contributed by atoms with Crippen LogP contribution in [0.25, 0.3) is 0 Å². The third-order valence-electron chi connectivity index (χ3n) is 4.87. The van der Waals surface area contributed by atoms with Gasteiger partial charge in [-0.1, -0.05) is 11.8 Å². The Labute approximate surface area is 165 Å². The molecule has 0 spiro atoms. The molecule has 1 saturated carbocycles. The second-order valence-electron chi connectivity index (χ2n) is 7.53. The highest BCUT2D eigenvalue weighted by Crippen LogP contribution is 2.39. The molecule has 2 heterocycles. The summed E-state index contributed by atoms with van der Waals surface area (Å²) in [7, 11) is 0. The van der Waals surface area contributed by atoms with Gasteiger partial charge in [0.05, 0.1) is 12.3 Å². The van der Waals surface area contributed by atoms with Crippen molar-refractivity contribution in [1.29, 1.82) is 0 Å². The van der Waals surface area contributed by atoms with Crippen LogP contribution in [0, 0.1) is 0 Å². The quantitative estimate of drug-likeness (QED) is 0.661.